The van der Waals surface area contributed by atoms with Crippen LogP contribution in [0.15, 0.2) is 0 Å². The van der Waals surface area contributed by atoms with Crippen molar-refractivity contribution in [1.82, 2.24) is 10.2 Å². The van der Waals surface area contributed by atoms with Crippen molar-refractivity contribution in [3.05, 3.63) is 0 Å². The second-order valence-electron chi connectivity index (χ2n) is 6.78. The molecule has 1 heterocycles. The maximum Gasteiger partial charge on any atom is 0.0254 e. The van der Waals surface area contributed by atoms with Crippen LogP contribution in [0.4, 0.5) is 0 Å². The average molecular weight is 252 g/mol. The smallest absolute Gasteiger partial charge is 0.0254 e. The van der Waals surface area contributed by atoms with Crippen molar-refractivity contribution in [2.24, 2.45) is 11.8 Å². The molecule has 5 atom stereocenters. The van der Waals surface area contributed by atoms with Gasteiger partial charge in [0.05, 0.1) is 0 Å². The van der Waals surface area contributed by atoms with Gasteiger partial charge in [0.25, 0.3) is 0 Å². The first-order chi connectivity index (χ1) is 8.65. The fraction of sp³-hybridized carbons (Fsp3) is 1.00. The normalized spacial score (nSPS) is 43.0. The molecule has 1 saturated carbocycles. The Morgan fingerprint density at radius 1 is 1.11 bits per heavy atom. The molecule has 1 saturated heterocycles. The zero-order valence-corrected chi connectivity index (χ0v) is 12.8. The number of rotatable bonds is 3. The molecule has 18 heavy (non-hydrogen) atoms. The van der Waals surface area contributed by atoms with E-state index in [4.69, 9.17) is 0 Å². The maximum absolute atomic E-state index is 3.59. The van der Waals surface area contributed by atoms with Crippen LogP contribution in [0.5, 0.6) is 0 Å². The first-order valence-electron chi connectivity index (χ1n) is 8.08. The first kappa shape index (κ1) is 14.3. The minimum absolute atomic E-state index is 0.723. The molecular formula is C16H32N2. The molecule has 106 valence electrons. The highest BCUT2D eigenvalue weighted by Gasteiger charge is 2.36. The van der Waals surface area contributed by atoms with Gasteiger partial charge in [-0.3, -0.25) is 4.90 Å². The molecule has 0 aromatic heterocycles. The molecule has 1 N–H and O–H groups in total. The Morgan fingerprint density at radius 3 is 2.56 bits per heavy atom. The van der Waals surface area contributed by atoms with Crippen molar-refractivity contribution in [3.8, 4) is 0 Å². The molecule has 0 bridgehead atoms. The van der Waals surface area contributed by atoms with Crippen LogP contribution in [0.1, 0.15) is 59.3 Å². The topological polar surface area (TPSA) is 15.3 Å². The van der Waals surface area contributed by atoms with Gasteiger partial charge in [0, 0.05) is 24.7 Å². The van der Waals surface area contributed by atoms with Gasteiger partial charge in [-0.15, -0.1) is 0 Å². The molecule has 2 heteroatoms. The van der Waals surface area contributed by atoms with E-state index in [0.717, 1.165) is 30.0 Å². The molecule has 2 fully saturated rings. The minimum atomic E-state index is 0.723. The highest BCUT2D eigenvalue weighted by Crippen LogP contribution is 2.34. The summed E-state index contributed by atoms with van der Waals surface area (Å²) in [6.07, 6.45) is 8.40. The lowest BCUT2D eigenvalue weighted by Crippen LogP contribution is -2.57. The van der Waals surface area contributed by atoms with E-state index in [1.54, 1.807) is 0 Å². The zero-order chi connectivity index (χ0) is 13.1. The number of likely N-dealkylation sites (N-methyl/N-ethyl adjacent to an activating group) is 1. The summed E-state index contributed by atoms with van der Waals surface area (Å²) in [6, 6.07) is 2.30. The Hall–Kier alpha value is -0.0800. The van der Waals surface area contributed by atoms with E-state index in [-0.39, 0.29) is 0 Å². The van der Waals surface area contributed by atoms with Crippen LogP contribution in [0.25, 0.3) is 0 Å². The molecule has 1 aliphatic heterocycles. The summed E-state index contributed by atoms with van der Waals surface area (Å²) in [5, 5.41) is 3.59. The second kappa shape index (κ2) is 6.38. The van der Waals surface area contributed by atoms with Crippen LogP contribution in [0.3, 0.4) is 0 Å². The van der Waals surface area contributed by atoms with Crippen LogP contribution in [-0.2, 0) is 0 Å². The number of piperidine rings is 1. The fourth-order valence-electron chi connectivity index (χ4n) is 4.09. The summed E-state index contributed by atoms with van der Waals surface area (Å²) in [6.45, 7) is 8.55. The monoisotopic (exact) mass is 252 g/mol. The average Bonchev–Trinajstić information content (AvgIpc) is 2.40. The van der Waals surface area contributed by atoms with Crippen molar-refractivity contribution in [1.29, 1.82) is 0 Å². The van der Waals surface area contributed by atoms with Gasteiger partial charge in [-0.1, -0.05) is 20.3 Å². The third-order valence-corrected chi connectivity index (χ3v) is 5.47. The summed E-state index contributed by atoms with van der Waals surface area (Å²) >= 11 is 0. The fourth-order valence-corrected chi connectivity index (χ4v) is 4.09. The van der Waals surface area contributed by atoms with E-state index in [1.165, 1.54) is 45.1 Å². The van der Waals surface area contributed by atoms with Crippen molar-refractivity contribution in [3.63, 3.8) is 0 Å². The Labute approximate surface area is 114 Å². The van der Waals surface area contributed by atoms with Crippen molar-refractivity contribution in [2.45, 2.75) is 77.4 Å². The predicted octanol–water partition coefficient (Wildman–Crippen LogP) is 3.27. The van der Waals surface area contributed by atoms with Crippen LogP contribution in [0, 0.1) is 11.8 Å². The quantitative estimate of drug-likeness (QED) is 0.829. The molecule has 2 rings (SSSR count). The Kier molecular flexibility index (Phi) is 5.08. The zero-order valence-electron chi connectivity index (χ0n) is 12.8. The van der Waals surface area contributed by atoms with E-state index in [1.807, 2.05) is 0 Å². The van der Waals surface area contributed by atoms with Crippen LogP contribution in [0.2, 0.25) is 0 Å². The Bertz CT molecular complexity index is 253. The molecule has 0 radical (unpaired) electrons. The van der Waals surface area contributed by atoms with Crippen LogP contribution >= 0.6 is 0 Å². The molecule has 2 nitrogen and oxygen atoms in total. The molecule has 0 amide bonds. The molecule has 0 aromatic rings. The summed E-state index contributed by atoms with van der Waals surface area (Å²) in [7, 11) is 2.15. The number of hydrogen-bond acceptors (Lipinski definition) is 2. The number of nitrogens with one attached hydrogen (secondary N) is 1. The number of likely N-dealkylation sites (tertiary alicyclic amines) is 1. The molecule has 1 aliphatic carbocycles. The van der Waals surface area contributed by atoms with Crippen molar-refractivity contribution < 1.29 is 0 Å². The third-order valence-electron chi connectivity index (χ3n) is 5.47. The standard InChI is InChI=1S/C16H32N2/c1-5-14-8-9-15(17-4)16(10-14)18-11-12(2)6-7-13(18)3/h12-17H,5-11H2,1-4H3. The Balaban J connectivity index is 2.06. The van der Waals surface area contributed by atoms with Gasteiger partial charge >= 0.3 is 0 Å². The van der Waals surface area contributed by atoms with E-state index < -0.39 is 0 Å². The number of nitrogens with zero attached hydrogens (tertiary/aromatic N) is 1. The van der Waals surface area contributed by atoms with Crippen LogP contribution < -0.4 is 5.32 Å². The lowest BCUT2D eigenvalue weighted by atomic mass is 9.78. The summed E-state index contributed by atoms with van der Waals surface area (Å²) in [5.41, 5.74) is 0. The van der Waals surface area contributed by atoms with Crippen LogP contribution in [-0.4, -0.2) is 36.6 Å². The predicted molar refractivity (Wildman–Crippen MR) is 78.8 cm³/mol. The highest BCUT2D eigenvalue weighted by atomic mass is 15.2. The van der Waals surface area contributed by atoms with Gasteiger partial charge in [-0.25, -0.2) is 0 Å². The SMILES string of the molecule is CCC1CCC(NC)C(N2CC(C)CCC2C)C1. The van der Waals surface area contributed by atoms with Gasteiger partial charge in [0.15, 0.2) is 0 Å². The molecular weight excluding hydrogens is 220 g/mol. The second-order valence-corrected chi connectivity index (χ2v) is 6.78. The lowest BCUT2D eigenvalue weighted by molar-refractivity contribution is 0.0274. The Morgan fingerprint density at radius 2 is 1.89 bits per heavy atom. The minimum Gasteiger partial charge on any atom is -0.315 e. The van der Waals surface area contributed by atoms with Crippen molar-refractivity contribution in [2.75, 3.05) is 13.6 Å². The van der Waals surface area contributed by atoms with E-state index in [9.17, 15) is 0 Å². The lowest BCUT2D eigenvalue weighted by Gasteiger charge is -2.48. The van der Waals surface area contributed by atoms with E-state index >= 15 is 0 Å². The molecule has 0 spiro atoms. The van der Waals surface area contributed by atoms with Gasteiger partial charge < -0.3 is 5.32 Å². The summed E-state index contributed by atoms with van der Waals surface area (Å²) in [5.74, 6) is 1.85. The molecule has 0 aromatic carbocycles. The number of hydrogen-bond donors (Lipinski definition) is 1. The van der Waals surface area contributed by atoms with Gasteiger partial charge in [-0.2, -0.15) is 0 Å². The largest absolute Gasteiger partial charge is 0.315 e. The molecule has 5 unspecified atom stereocenters. The van der Waals surface area contributed by atoms with Crippen molar-refractivity contribution >= 4 is 0 Å². The maximum atomic E-state index is 3.59. The van der Waals surface area contributed by atoms with Gasteiger partial charge in [-0.05, 0) is 57.9 Å². The first-order valence-corrected chi connectivity index (χ1v) is 8.08. The van der Waals surface area contributed by atoms with E-state index in [0.29, 0.717) is 0 Å². The summed E-state index contributed by atoms with van der Waals surface area (Å²) in [4.78, 5) is 2.83. The third kappa shape index (κ3) is 3.08. The summed E-state index contributed by atoms with van der Waals surface area (Å²) < 4.78 is 0. The highest BCUT2D eigenvalue weighted by molar-refractivity contribution is 4.94. The molecule has 2 aliphatic rings. The van der Waals surface area contributed by atoms with E-state index in [2.05, 4.69) is 38.0 Å². The van der Waals surface area contributed by atoms with Gasteiger partial charge in [0.1, 0.15) is 0 Å². The van der Waals surface area contributed by atoms with Gasteiger partial charge in [0.2, 0.25) is 0 Å².